The molecule has 3 nitrogen and oxygen atoms in total. The Morgan fingerprint density at radius 3 is 2.43 bits per heavy atom. The van der Waals surface area contributed by atoms with Gasteiger partial charge in [-0.05, 0) is 36.9 Å². The van der Waals surface area contributed by atoms with E-state index in [0.717, 1.165) is 24.5 Å². The number of piperazine rings is 1. The zero-order chi connectivity index (χ0) is 16.0. The molecule has 2 bridgehead atoms. The van der Waals surface area contributed by atoms with Crippen molar-refractivity contribution in [1.29, 1.82) is 0 Å². The van der Waals surface area contributed by atoms with Crippen LogP contribution in [0.25, 0.3) is 0 Å². The Bertz CT molecular complexity index is 529. The van der Waals surface area contributed by atoms with Crippen LogP contribution in [0.2, 0.25) is 0 Å². The average Bonchev–Trinajstić information content (AvgIpc) is 3.35. The Hall–Kier alpha value is -0.930. The van der Waals surface area contributed by atoms with Gasteiger partial charge in [0.1, 0.15) is 0 Å². The summed E-state index contributed by atoms with van der Waals surface area (Å²) in [5.41, 5.74) is 2.71. The molecule has 0 spiro atoms. The maximum Gasteiger partial charge on any atom is 0.0457 e. The van der Waals surface area contributed by atoms with Gasteiger partial charge in [0.15, 0.2) is 0 Å². The summed E-state index contributed by atoms with van der Waals surface area (Å²) in [7, 11) is 0. The van der Waals surface area contributed by atoms with Crippen molar-refractivity contribution in [1.82, 2.24) is 14.8 Å². The monoisotopic (exact) mass is 313 g/mol. The molecule has 23 heavy (non-hydrogen) atoms. The number of hydrogen-bond acceptors (Lipinski definition) is 3. The average molecular weight is 313 g/mol. The second-order valence-electron chi connectivity index (χ2n) is 9.01. The maximum absolute atomic E-state index is 4.69. The molecule has 4 heterocycles. The number of piperidine rings is 1. The van der Waals surface area contributed by atoms with Gasteiger partial charge in [0.2, 0.25) is 0 Å². The molecule has 1 aliphatic carbocycles. The van der Waals surface area contributed by atoms with Gasteiger partial charge in [-0.1, -0.05) is 39.7 Å². The fourth-order valence-electron chi connectivity index (χ4n) is 4.16. The third kappa shape index (κ3) is 3.46. The fraction of sp³-hybridized carbons (Fsp3) is 0.750. The molecule has 0 aromatic carbocycles. The lowest BCUT2D eigenvalue weighted by Crippen LogP contribution is -2.68. The highest BCUT2D eigenvalue weighted by Crippen LogP contribution is 2.36. The van der Waals surface area contributed by atoms with E-state index in [1.807, 2.05) is 0 Å². The molecule has 2 atom stereocenters. The second kappa shape index (κ2) is 5.86. The van der Waals surface area contributed by atoms with E-state index in [4.69, 9.17) is 0 Å². The quantitative estimate of drug-likeness (QED) is 0.830. The van der Waals surface area contributed by atoms with Crippen LogP contribution in [0.5, 0.6) is 0 Å². The first-order valence-corrected chi connectivity index (χ1v) is 9.42. The smallest absolute Gasteiger partial charge is 0.0457 e. The van der Waals surface area contributed by atoms with Gasteiger partial charge in [0, 0.05) is 49.0 Å². The van der Waals surface area contributed by atoms with Crippen LogP contribution in [-0.4, -0.2) is 46.5 Å². The standard InChI is InChI=1S/C20H31N3/c1-20(2,3)19-7-6-16(11-21-19)12-23-17-10-18(23)14-22(13-17)9-8-15-4-5-15/h6-7,11,15,17-18H,4-5,8-10,12-14H2,1-3H3. The number of pyridine rings is 1. The van der Waals surface area contributed by atoms with E-state index in [9.17, 15) is 0 Å². The first-order valence-electron chi connectivity index (χ1n) is 9.42. The molecule has 3 saturated heterocycles. The topological polar surface area (TPSA) is 19.4 Å². The Balaban J connectivity index is 1.30. The van der Waals surface area contributed by atoms with E-state index in [2.05, 4.69) is 53.9 Å². The number of fused-ring (bicyclic) bond motifs is 2. The van der Waals surface area contributed by atoms with Gasteiger partial charge >= 0.3 is 0 Å². The van der Waals surface area contributed by atoms with E-state index >= 15 is 0 Å². The highest BCUT2D eigenvalue weighted by molar-refractivity contribution is 5.20. The summed E-state index contributed by atoms with van der Waals surface area (Å²) in [4.78, 5) is 10.1. The van der Waals surface area contributed by atoms with Crippen molar-refractivity contribution >= 4 is 0 Å². The van der Waals surface area contributed by atoms with Crippen molar-refractivity contribution in [3.63, 3.8) is 0 Å². The molecular formula is C20H31N3. The van der Waals surface area contributed by atoms with Gasteiger partial charge < -0.3 is 4.90 Å². The summed E-state index contributed by atoms with van der Waals surface area (Å²) in [6.07, 6.45) is 7.93. The highest BCUT2D eigenvalue weighted by atomic mass is 15.4. The first kappa shape index (κ1) is 15.6. The second-order valence-corrected chi connectivity index (χ2v) is 9.01. The molecule has 4 aliphatic rings. The van der Waals surface area contributed by atoms with Gasteiger partial charge in [-0.15, -0.1) is 0 Å². The van der Waals surface area contributed by atoms with Crippen LogP contribution in [0.1, 0.15) is 57.7 Å². The minimum absolute atomic E-state index is 0.147. The summed E-state index contributed by atoms with van der Waals surface area (Å²) in [6.45, 7) is 11.7. The van der Waals surface area contributed by atoms with Gasteiger partial charge in [-0.25, -0.2) is 0 Å². The van der Waals surface area contributed by atoms with Crippen molar-refractivity contribution < 1.29 is 0 Å². The van der Waals surface area contributed by atoms with Crippen LogP contribution in [0, 0.1) is 5.92 Å². The molecule has 3 aliphatic heterocycles. The lowest BCUT2D eigenvalue weighted by Gasteiger charge is -2.56. The van der Waals surface area contributed by atoms with E-state index in [1.165, 1.54) is 56.6 Å². The van der Waals surface area contributed by atoms with Crippen molar-refractivity contribution in [3.8, 4) is 0 Å². The Morgan fingerprint density at radius 1 is 1.13 bits per heavy atom. The van der Waals surface area contributed by atoms with E-state index in [-0.39, 0.29) is 5.41 Å². The zero-order valence-corrected chi connectivity index (χ0v) is 15.0. The van der Waals surface area contributed by atoms with Crippen molar-refractivity contribution in [3.05, 3.63) is 29.6 Å². The lowest BCUT2D eigenvalue weighted by atomic mass is 9.86. The summed E-state index contributed by atoms with van der Waals surface area (Å²) in [6, 6.07) is 6.07. The molecule has 2 unspecified atom stereocenters. The van der Waals surface area contributed by atoms with Crippen molar-refractivity contribution in [2.75, 3.05) is 19.6 Å². The Kier molecular flexibility index (Phi) is 3.97. The third-order valence-electron chi connectivity index (χ3n) is 5.93. The Labute approximate surface area is 141 Å². The largest absolute Gasteiger partial charge is 0.300 e. The first-order chi connectivity index (χ1) is 11.0. The molecule has 5 rings (SSSR count). The zero-order valence-electron chi connectivity index (χ0n) is 15.0. The molecule has 1 saturated carbocycles. The third-order valence-corrected chi connectivity index (χ3v) is 5.93. The summed E-state index contributed by atoms with van der Waals surface area (Å²) in [5.74, 6) is 1.07. The molecule has 3 heteroatoms. The number of rotatable bonds is 5. The van der Waals surface area contributed by atoms with Crippen LogP contribution in [0.3, 0.4) is 0 Å². The summed E-state index contributed by atoms with van der Waals surface area (Å²) in [5, 5.41) is 0. The lowest BCUT2D eigenvalue weighted by molar-refractivity contribution is -0.0752. The van der Waals surface area contributed by atoms with E-state index in [0.29, 0.717) is 0 Å². The SMILES string of the molecule is CC(C)(C)c1ccc(CN2C3CC2CN(CCC2CC2)C3)cn1. The predicted octanol–water partition coefficient (Wildman–Crippen LogP) is 3.44. The molecule has 126 valence electrons. The molecule has 0 N–H and O–H groups in total. The van der Waals surface area contributed by atoms with Crippen LogP contribution in [-0.2, 0) is 12.0 Å². The van der Waals surface area contributed by atoms with E-state index < -0.39 is 0 Å². The maximum atomic E-state index is 4.69. The van der Waals surface area contributed by atoms with Crippen LogP contribution >= 0.6 is 0 Å². The predicted molar refractivity (Wildman–Crippen MR) is 94.5 cm³/mol. The van der Waals surface area contributed by atoms with Gasteiger partial charge in [0.05, 0.1) is 0 Å². The van der Waals surface area contributed by atoms with Crippen LogP contribution in [0.15, 0.2) is 18.3 Å². The van der Waals surface area contributed by atoms with Crippen molar-refractivity contribution in [2.24, 2.45) is 5.92 Å². The molecule has 1 aromatic heterocycles. The number of nitrogens with zero attached hydrogens (tertiary/aromatic N) is 3. The molecule has 4 fully saturated rings. The molecular weight excluding hydrogens is 282 g/mol. The summed E-state index contributed by atoms with van der Waals surface area (Å²) >= 11 is 0. The van der Waals surface area contributed by atoms with Gasteiger partial charge in [-0.3, -0.25) is 9.88 Å². The minimum atomic E-state index is 0.147. The highest BCUT2D eigenvalue weighted by Gasteiger charge is 2.44. The number of aromatic nitrogens is 1. The van der Waals surface area contributed by atoms with Crippen LogP contribution in [0.4, 0.5) is 0 Å². The molecule has 1 aromatic rings. The van der Waals surface area contributed by atoms with Gasteiger partial charge in [-0.2, -0.15) is 0 Å². The molecule has 0 radical (unpaired) electrons. The Morgan fingerprint density at radius 2 is 1.87 bits per heavy atom. The van der Waals surface area contributed by atoms with Gasteiger partial charge in [0.25, 0.3) is 0 Å². The normalized spacial score (nSPS) is 28.7. The van der Waals surface area contributed by atoms with E-state index in [1.54, 1.807) is 0 Å². The fourth-order valence-corrected chi connectivity index (χ4v) is 4.16. The summed E-state index contributed by atoms with van der Waals surface area (Å²) < 4.78 is 0. The molecule has 0 amide bonds. The van der Waals surface area contributed by atoms with Crippen LogP contribution < -0.4 is 0 Å². The number of hydrogen-bond donors (Lipinski definition) is 0. The minimum Gasteiger partial charge on any atom is -0.300 e. The van der Waals surface area contributed by atoms with Crippen molar-refractivity contribution in [2.45, 2.75) is 70.5 Å².